The third-order valence-corrected chi connectivity index (χ3v) is 4.94. The lowest BCUT2D eigenvalue weighted by molar-refractivity contribution is -0.137. The van der Waals surface area contributed by atoms with Gasteiger partial charge in [-0.3, -0.25) is 0 Å². The molecular formula is C22H30O7. The van der Waals surface area contributed by atoms with E-state index in [4.69, 9.17) is 23.7 Å². The number of rotatable bonds is 7. The van der Waals surface area contributed by atoms with Crippen LogP contribution in [0.5, 0.6) is 11.5 Å². The number of fused-ring (bicyclic) bond motifs is 1. The molecule has 7 heteroatoms. The summed E-state index contributed by atoms with van der Waals surface area (Å²) in [6.07, 6.45) is 3.99. The summed E-state index contributed by atoms with van der Waals surface area (Å²) in [7, 11) is 4.38. The van der Waals surface area contributed by atoms with Crippen LogP contribution in [0.3, 0.4) is 0 Å². The maximum Gasteiger partial charge on any atom is 0.337 e. The smallest absolute Gasteiger partial charge is 0.337 e. The van der Waals surface area contributed by atoms with Crippen molar-refractivity contribution in [2.24, 2.45) is 5.92 Å². The van der Waals surface area contributed by atoms with Crippen LogP contribution in [0.25, 0.3) is 6.08 Å². The molecule has 3 atom stereocenters. The van der Waals surface area contributed by atoms with Crippen molar-refractivity contribution in [2.75, 3.05) is 27.9 Å². The van der Waals surface area contributed by atoms with E-state index in [9.17, 15) is 9.90 Å². The number of hydrogen-bond acceptors (Lipinski definition) is 7. The normalized spacial score (nSPS) is 20.7. The topological polar surface area (TPSA) is 83.5 Å². The highest BCUT2D eigenvalue weighted by Crippen LogP contribution is 2.36. The summed E-state index contributed by atoms with van der Waals surface area (Å²) < 4.78 is 27.0. The van der Waals surface area contributed by atoms with E-state index in [0.717, 1.165) is 5.56 Å². The van der Waals surface area contributed by atoms with Gasteiger partial charge in [-0.05, 0) is 31.5 Å². The molecule has 0 spiro atoms. The lowest BCUT2D eigenvalue weighted by atomic mass is 9.95. The SMILES string of the molecule is COC=C(C(=O)OC)[C@H](C)[C@H](C=Cc1ccc2c(c1)OC(C)(C)[C@@H](O)CO2)OC. The van der Waals surface area contributed by atoms with Crippen LogP contribution in [-0.2, 0) is 19.0 Å². The van der Waals surface area contributed by atoms with E-state index in [-0.39, 0.29) is 18.6 Å². The van der Waals surface area contributed by atoms with Gasteiger partial charge in [0, 0.05) is 13.0 Å². The van der Waals surface area contributed by atoms with E-state index >= 15 is 0 Å². The van der Waals surface area contributed by atoms with E-state index < -0.39 is 17.7 Å². The summed E-state index contributed by atoms with van der Waals surface area (Å²) in [5.74, 6) is 0.383. The van der Waals surface area contributed by atoms with Gasteiger partial charge in [-0.25, -0.2) is 4.79 Å². The molecule has 0 aromatic heterocycles. The zero-order chi connectivity index (χ0) is 21.6. The molecule has 0 bridgehead atoms. The van der Waals surface area contributed by atoms with E-state index in [1.54, 1.807) is 13.2 Å². The summed E-state index contributed by atoms with van der Waals surface area (Å²) in [6.45, 7) is 5.66. The first-order chi connectivity index (χ1) is 13.7. The predicted octanol–water partition coefficient (Wildman–Crippen LogP) is 2.96. The molecule has 1 aromatic rings. The molecule has 1 aliphatic heterocycles. The highest BCUT2D eigenvalue weighted by molar-refractivity contribution is 5.88. The zero-order valence-corrected chi connectivity index (χ0v) is 17.8. The summed E-state index contributed by atoms with van der Waals surface area (Å²) >= 11 is 0. The fourth-order valence-corrected chi connectivity index (χ4v) is 2.97. The minimum Gasteiger partial charge on any atom is -0.504 e. The van der Waals surface area contributed by atoms with Gasteiger partial charge in [0.05, 0.1) is 32.2 Å². The molecule has 0 fully saturated rings. The van der Waals surface area contributed by atoms with E-state index in [1.165, 1.54) is 20.5 Å². The third-order valence-electron chi connectivity index (χ3n) is 4.94. The molecule has 0 radical (unpaired) electrons. The van der Waals surface area contributed by atoms with Gasteiger partial charge in [-0.15, -0.1) is 0 Å². The lowest BCUT2D eigenvalue weighted by Crippen LogP contribution is -2.43. The Bertz CT molecular complexity index is 766. The van der Waals surface area contributed by atoms with Crippen molar-refractivity contribution in [3.63, 3.8) is 0 Å². The molecule has 29 heavy (non-hydrogen) atoms. The maximum atomic E-state index is 12.0. The number of ether oxygens (including phenoxy) is 5. The number of hydrogen-bond donors (Lipinski definition) is 1. The molecule has 0 amide bonds. The average molecular weight is 406 g/mol. The highest BCUT2D eigenvalue weighted by Gasteiger charge is 2.34. The quantitative estimate of drug-likeness (QED) is 0.423. The molecule has 1 aromatic carbocycles. The Labute approximate surface area is 171 Å². The molecule has 160 valence electrons. The fraction of sp³-hybridized carbons (Fsp3) is 0.500. The third kappa shape index (κ3) is 5.52. The second-order valence-electron chi connectivity index (χ2n) is 7.39. The Morgan fingerprint density at radius 1 is 1.28 bits per heavy atom. The van der Waals surface area contributed by atoms with Crippen LogP contribution in [0.1, 0.15) is 26.3 Å². The molecule has 1 N–H and O–H groups in total. The first-order valence-corrected chi connectivity index (χ1v) is 9.39. The van der Waals surface area contributed by atoms with Crippen molar-refractivity contribution in [2.45, 2.75) is 38.6 Å². The molecule has 0 saturated carbocycles. The molecular weight excluding hydrogens is 376 g/mol. The van der Waals surface area contributed by atoms with E-state index in [0.29, 0.717) is 17.1 Å². The summed E-state index contributed by atoms with van der Waals surface area (Å²) in [5.41, 5.74) is 0.474. The summed E-state index contributed by atoms with van der Waals surface area (Å²) in [6, 6.07) is 5.53. The minimum atomic E-state index is -0.766. The van der Waals surface area contributed by atoms with Gasteiger partial charge >= 0.3 is 5.97 Å². The monoisotopic (exact) mass is 406 g/mol. The van der Waals surface area contributed by atoms with Gasteiger partial charge < -0.3 is 28.8 Å². The van der Waals surface area contributed by atoms with Crippen molar-refractivity contribution in [1.82, 2.24) is 0 Å². The fourth-order valence-electron chi connectivity index (χ4n) is 2.97. The van der Waals surface area contributed by atoms with Crippen molar-refractivity contribution < 1.29 is 33.6 Å². The first-order valence-electron chi connectivity index (χ1n) is 9.39. The second kappa shape index (κ2) is 9.80. The number of methoxy groups -OCH3 is 3. The van der Waals surface area contributed by atoms with Crippen LogP contribution in [0, 0.1) is 5.92 Å². The Morgan fingerprint density at radius 3 is 2.62 bits per heavy atom. The van der Waals surface area contributed by atoms with Crippen LogP contribution in [0.2, 0.25) is 0 Å². The van der Waals surface area contributed by atoms with Gasteiger partial charge in [-0.1, -0.05) is 25.1 Å². The van der Waals surface area contributed by atoms with E-state index in [2.05, 4.69) is 0 Å². The minimum absolute atomic E-state index is 0.167. The van der Waals surface area contributed by atoms with Crippen molar-refractivity contribution in [1.29, 1.82) is 0 Å². The predicted molar refractivity (Wildman–Crippen MR) is 109 cm³/mol. The largest absolute Gasteiger partial charge is 0.504 e. The van der Waals surface area contributed by atoms with Crippen LogP contribution in [0.4, 0.5) is 0 Å². The van der Waals surface area contributed by atoms with Gasteiger partial charge in [0.15, 0.2) is 11.5 Å². The van der Waals surface area contributed by atoms with Gasteiger partial charge in [0.2, 0.25) is 0 Å². The highest BCUT2D eigenvalue weighted by atomic mass is 16.6. The number of benzene rings is 1. The summed E-state index contributed by atoms with van der Waals surface area (Å²) in [4.78, 5) is 12.0. The van der Waals surface area contributed by atoms with Gasteiger partial charge in [0.25, 0.3) is 0 Å². The molecule has 1 aliphatic rings. The maximum absolute atomic E-state index is 12.0. The second-order valence-corrected chi connectivity index (χ2v) is 7.39. The number of carbonyl (C=O) groups is 1. The standard InChI is InChI=1S/C22H30O7/c1-14(16(12-25-4)21(24)27-6)17(26-5)9-7-15-8-10-18-19(11-15)29-22(2,3)20(23)13-28-18/h7-12,14,17,20,23H,13H2,1-6H3/t14-,17-,20-/m0/s1. The molecule has 0 aliphatic carbocycles. The zero-order valence-electron chi connectivity index (χ0n) is 17.8. The van der Waals surface area contributed by atoms with Crippen LogP contribution < -0.4 is 9.47 Å². The first kappa shape index (κ1) is 22.8. The van der Waals surface area contributed by atoms with Crippen molar-refractivity contribution >= 4 is 12.0 Å². The number of aliphatic hydroxyl groups excluding tert-OH is 1. The molecule has 2 rings (SSSR count). The van der Waals surface area contributed by atoms with Crippen molar-refractivity contribution in [3.05, 3.63) is 41.7 Å². The lowest BCUT2D eigenvalue weighted by Gasteiger charge is -2.28. The van der Waals surface area contributed by atoms with Crippen LogP contribution in [-0.4, -0.2) is 56.8 Å². The number of esters is 1. The molecule has 1 heterocycles. The summed E-state index contributed by atoms with van der Waals surface area (Å²) in [5, 5.41) is 10.2. The number of carbonyl (C=O) groups excluding carboxylic acids is 1. The Kier molecular flexibility index (Phi) is 7.70. The Hall–Kier alpha value is -2.51. The number of aliphatic hydroxyl groups is 1. The van der Waals surface area contributed by atoms with E-state index in [1.807, 2.05) is 45.1 Å². The molecule has 0 saturated heterocycles. The van der Waals surface area contributed by atoms with Gasteiger partial charge in [0.1, 0.15) is 18.3 Å². The van der Waals surface area contributed by atoms with Crippen molar-refractivity contribution in [3.8, 4) is 11.5 Å². The van der Waals surface area contributed by atoms with Crippen LogP contribution in [0.15, 0.2) is 36.1 Å². The Morgan fingerprint density at radius 2 is 2.00 bits per heavy atom. The molecule has 7 nitrogen and oxygen atoms in total. The van der Waals surface area contributed by atoms with Crippen LogP contribution >= 0.6 is 0 Å². The molecule has 0 unspecified atom stereocenters. The average Bonchev–Trinajstić information content (AvgIpc) is 2.81. The Balaban J connectivity index is 2.24. The van der Waals surface area contributed by atoms with Gasteiger partial charge in [-0.2, -0.15) is 0 Å².